The van der Waals surface area contributed by atoms with Crippen molar-refractivity contribution in [2.45, 2.75) is 32.4 Å². The molecule has 3 N–H and O–H groups in total. The van der Waals surface area contributed by atoms with E-state index in [0.29, 0.717) is 41.7 Å². The molecule has 2 atom stereocenters. The number of H-pyrrole nitrogens is 1. The molecule has 1 aromatic carbocycles. The van der Waals surface area contributed by atoms with E-state index in [9.17, 15) is 4.79 Å². The maximum Gasteiger partial charge on any atom is 0.255 e. The topological polar surface area (TPSA) is 91.5 Å². The molecule has 0 aliphatic carbocycles. The third-order valence-electron chi connectivity index (χ3n) is 6.54. The van der Waals surface area contributed by atoms with Crippen molar-refractivity contribution >= 4 is 28.9 Å². The molecule has 2 aliphatic rings. The Morgan fingerprint density at radius 3 is 3.03 bits per heavy atom. The first-order valence-electron chi connectivity index (χ1n) is 11.9. The Morgan fingerprint density at radius 1 is 1.34 bits per heavy atom. The van der Waals surface area contributed by atoms with Crippen molar-refractivity contribution in [1.82, 2.24) is 20.2 Å². The number of amides is 1. The zero-order chi connectivity index (χ0) is 24.5. The van der Waals surface area contributed by atoms with Crippen molar-refractivity contribution in [2.24, 2.45) is 0 Å². The molecule has 9 heteroatoms. The van der Waals surface area contributed by atoms with E-state index in [2.05, 4.69) is 32.5 Å². The van der Waals surface area contributed by atoms with Crippen LogP contribution in [0.4, 0.5) is 11.4 Å². The number of carbonyl (C=O) groups is 1. The fraction of sp³-hybridized carbons (Fsp3) is 0.385. The van der Waals surface area contributed by atoms with Gasteiger partial charge in [0.2, 0.25) is 0 Å². The van der Waals surface area contributed by atoms with Crippen LogP contribution in [0.15, 0.2) is 36.7 Å². The smallest absolute Gasteiger partial charge is 0.255 e. The highest BCUT2D eigenvalue weighted by Gasteiger charge is 2.31. The highest BCUT2D eigenvalue weighted by Crippen LogP contribution is 2.41. The predicted octanol–water partition coefficient (Wildman–Crippen LogP) is 4.17. The number of morpholine rings is 1. The fourth-order valence-electron chi connectivity index (χ4n) is 4.67. The maximum absolute atomic E-state index is 13.1. The average molecular weight is 496 g/mol. The molecule has 1 fully saturated rings. The first kappa shape index (κ1) is 23.7. The van der Waals surface area contributed by atoms with Crippen molar-refractivity contribution in [2.75, 3.05) is 38.7 Å². The van der Waals surface area contributed by atoms with Gasteiger partial charge in [-0.2, -0.15) is 0 Å². The van der Waals surface area contributed by atoms with Gasteiger partial charge in [0, 0.05) is 53.7 Å². The van der Waals surface area contributed by atoms with Gasteiger partial charge in [-0.25, -0.2) is 0 Å². The number of hydrogen-bond donors (Lipinski definition) is 3. The first-order chi connectivity index (χ1) is 16.9. The van der Waals surface area contributed by atoms with Gasteiger partial charge in [-0.15, -0.1) is 0 Å². The van der Waals surface area contributed by atoms with E-state index in [4.69, 9.17) is 21.1 Å². The van der Waals surface area contributed by atoms with Gasteiger partial charge >= 0.3 is 0 Å². The molecule has 0 radical (unpaired) electrons. The third-order valence-corrected chi connectivity index (χ3v) is 6.95. The van der Waals surface area contributed by atoms with Crippen LogP contribution in [0.5, 0.6) is 5.75 Å². The molecule has 0 spiro atoms. The number of aromatic amines is 1. The Bertz CT molecular complexity index is 1240. The number of hydrogen-bond acceptors (Lipinski definition) is 6. The number of carbonyl (C=O) groups excluding carboxylic acids is 1. The van der Waals surface area contributed by atoms with E-state index < -0.39 is 0 Å². The van der Waals surface area contributed by atoms with Gasteiger partial charge in [0.1, 0.15) is 18.5 Å². The van der Waals surface area contributed by atoms with Crippen LogP contribution in [0.2, 0.25) is 5.02 Å². The monoisotopic (exact) mass is 495 g/mol. The molecule has 8 nitrogen and oxygen atoms in total. The summed E-state index contributed by atoms with van der Waals surface area (Å²) in [5.74, 6) is 0.515. The Labute approximate surface area is 210 Å². The molecule has 1 amide bonds. The fourth-order valence-corrected chi connectivity index (χ4v) is 4.84. The van der Waals surface area contributed by atoms with Gasteiger partial charge < -0.3 is 30.0 Å². The number of halogens is 1. The Kier molecular flexibility index (Phi) is 6.69. The number of rotatable bonds is 6. The van der Waals surface area contributed by atoms with Crippen molar-refractivity contribution in [1.29, 1.82) is 0 Å². The number of benzene rings is 1. The Morgan fingerprint density at radius 2 is 2.20 bits per heavy atom. The lowest BCUT2D eigenvalue weighted by atomic mass is 10.0. The zero-order valence-electron chi connectivity index (χ0n) is 20.2. The van der Waals surface area contributed by atoms with E-state index in [1.165, 1.54) is 0 Å². The van der Waals surface area contributed by atoms with Gasteiger partial charge in [-0.3, -0.25) is 9.78 Å². The van der Waals surface area contributed by atoms with Crippen molar-refractivity contribution in [3.8, 4) is 17.0 Å². The predicted molar refractivity (Wildman–Crippen MR) is 137 cm³/mol. The zero-order valence-corrected chi connectivity index (χ0v) is 20.9. The minimum atomic E-state index is -0.112. The molecule has 4 heterocycles. The SMILES string of the molecule is Cc1c(Cl)cccc1Nc1c(-c2ccncc2OC[C@@H]2CN(C)CCO2)[nH]c2c1C(=O)N[C@H](C)C2. The summed E-state index contributed by atoms with van der Waals surface area (Å²) in [6.45, 7) is 6.78. The molecule has 0 saturated carbocycles. The van der Waals surface area contributed by atoms with E-state index in [0.717, 1.165) is 41.3 Å². The van der Waals surface area contributed by atoms with Gasteiger partial charge in [0.15, 0.2) is 0 Å². The molecule has 2 aromatic heterocycles. The molecule has 35 heavy (non-hydrogen) atoms. The number of ether oxygens (including phenoxy) is 2. The van der Waals surface area contributed by atoms with E-state index in [1.54, 1.807) is 12.4 Å². The van der Waals surface area contributed by atoms with Gasteiger partial charge in [0.05, 0.1) is 29.7 Å². The second kappa shape index (κ2) is 9.89. The van der Waals surface area contributed by atoms with Crippen molar-refractivity contribution in [3.63, 3.8) is 0 Å². The average Bonchev–Trinajstić information content (AvgIpc) is 3.19. The van der Waals surface area contributed by atoms with Crippen molar-refractivity contribution < 1.29 is 14.3 Å². The molecule has 0 unspecified atom stereocenters. The number of anilines is 2. The summed E-state index contributed by atoms with van der Waals surface area (Å²) in [5, 5.41) is 7.19. The Balaban J connectivity index is 1.54. The summed E-state index contributed by atoms with van der Waals surface area (Å²) in [6.07, 6.45) is 4.12. The summed E-state index contributed by atoms with van der Waals surface area (Å²) >= 11 is 6.38. The van der Waals surface area contributed by atoms with Gasteiger partial charge in [0.25, 0.3) is 5.91 Å². The second-order valence-corrected chi connectivity index (χ2v) is 9.69. The van der Waals surface area contributed by atoms with E-state index >= 15 is 0 Å². The lowest BCUT2D eigenvalue weighted by molar-refractivity contribution is -0.0403. The van der Waals surface area contributed by atoms with E-state index in [-0.39, 0.29) is 18.1 Å². The Hall–Kier alpha value is -3.07. The van der Waals surface area contributed by atoms with E-state index in [1.807, 2.05) is 38.1 Å². The number of fused-ring (bicyclic) bond motifs is 1. The molecular weight excluding hydrogens is 466 g/mol. The van der Waals surface area contributed by atoms with Crippen LogP contribution in [0.3, 0.4) is 0 Å². The van der Waals surface area contributed by atoms with Crippen LogP contribution in [0, 0.1) is 6.92 Å². The third kappa shape index (κ3) is 4.87. The second-order valence-electron chi connectivity index (χ2n) is 9.28. The molecule has 1 saturated heterocycles. The highest BCUT2D eigenvalue weighted by molar-refractivity contribution is 6.31. The molecular formula is C26H30ClN5O3. The van der Waals surface area contributed by atoms with Crippen LogP contribution in [-0.4, -0.2) is 66.3 Å². The van der Waals surface area contributed by atoms with Gasteiger partial charge in [-0.05, 0) is 44.7 Å². The number of pyridine rings is 1. The maximum atomic E-state index is 13.1. The summed E-state index contributed by atoms with van der Waals surface area (Å²) in [7, 11) is 2.08. The van der Waals surface area contributed by atoms with Crippen molar-refractivity contribution in [3.05, 3.63) is 58.5 Å². The lowest BCUT2D eigenvalue weighted by Crippen LogP contribution is -2.42. The summed E-state index contributed by atoms with van der Waals surface area (Å²) < 4.78 is 12.1. The molecule has 0 bridgehead atoms. The number of aromatic nitrogens is 2. The first-order valence-corrected chi connectivity index (χ1v) is 12.2. The van der Waals surface area contributed by atoms with Crippen LogP contribution < -0.4 is 15.4 Å². The number of likely N-dealkylation sites (N-methyl/N-ethyl adjacent to an activating group) is 1. The molecule has 2 aliphatic heterocycles. The lowest BCUT2D eigenvalue weighted by Gasteiger charge is -2.30. The molecule has 3 aromatic rings. The normalized spacial score (nSPS) is 20.3. The van der Waals surface area contributed by atoms with Crippen LogP contribution >= 0.6 is 11.6 Å². The van der Waals surface area contributed by atoms with Gasteiger partial charge in [-0.1, -0.05) is 17.7 Å². The molecule has 5 rings (SSSR count). The molecule has 184 valence electrons. The largest absolute Gasteiger partial charge is 0.488 e. The summed E-state index contributed by atoms with van der Waals surface area (Å²) in [6, 6.07) is 7.63. The quantitative estimate of drug-likeness (QED) is 0.475. The minimum Gasteiger partial charge on any atom is -0.488 e. The van der Waals surface area contributed by atoms with Crippen LogP contribution in [0.1, 0.15) is 28.5 Å². The number of nitrogens with one attached hydrogen (secondary N) is 3. The minimum absolute atomic E-state index is 0.0167. The summed E-state index contributed by atoms with van der Waals surface area (Å²) in [5.41, 5.74) is 5.53. The summed E-state index contributed by atoms with van der Waals surface area (Å²) in [4.78, 5) is 23.1. The standard InChI is InChI=1S/C26H30ClN5O3/c1-15-11-21-23(26(33)29-15)25(30-20-6-4-5-19(27)16(20)2)24(31-21)18-7-8-28-12-22(18)35-14-17-13-32(3)9-10-34-17/h4-8,12,15,17,30-31H,9-11,13-14H2,1-3H3,(H,29,33)/t15-,17+/m1/s1. The highest BCUT2D eigenvalue weighted by atomic mass is 35.5. The van der Waals surface area contributed by atoms with Crippen LogP contribution in [-0.2, 0) is 11.2 Å². The van der Waals surface area contributed by atoms with Crippen LogP contribution in [0.25, 0.3) is 11.3 Å². The number of nitrogens with zero attached hydrogens (tertiary/aromatic N) is 2.